The van der Waals surface area contributed by atoms with Crippen LogP contribution in [-0.4, -0.2) is 56.3 Å². The number of pyridine rings is 1. The SMILES string of the molecule is C[C@H]1CCN(C)[C@@H]2Cn3cc(C(=O)NCc4ccc(F)cc4)c(=O)c(O)c3C(O)N12. The number of halogens is 1. The second kappa shape index (κ2) is 7.82. The van der Waals surface area contributed by atoms with E-state index in [0.717, 1.165) is 13.0 Å². The van der Waals surface area contributed by atoms with Gasteiger partial charge in [-0.2, -0.15) is 0 Å². The molecule has 2 aliphatic heterocycles. The first-order valence-corrected chi connectivity index (χ1v) is 9.92. The highest BCUT2D eigenvalue weighted by Gasteiger charge is 2.42. The maximum atomic E-state index is 13.0. The molecule has 9 heteroatoms. The number of hydrogen-bond acceptors (Lipinski definition) is 6. The van der Waals surface area contributed by atoms with Crippen molar-refractivity contribution in [3.05, 3.63) is 63.3 Å². The molecule has 3 atom stereocenters. The van der Waals surface area contributed by atoms with Crippen molar-refractivity contribution >= 4 is 5.91 Å². The second-order valence-electron chi connectivity index (χ2n) is 7.99. The number of likely N-dealkylation sites (N-methyl/N-ethyl adjacent to an activating group) is 1. The van der Waals surface area contributed by atoms with E-state index >= 15 is 0 Å². The fourth-order valence-corrected chi connectivity index (χ4v) is 4.29. The zero-order valence-electron chi connectivity index (χ0n) is 16.9. The van der Waals surface area contributed by atoms with Gasteiger partial charge in [0, 0.05) is 25.3 Å². The maximum Gasteiger partial charge on any atom is 0.257 e. The summed E-state index contributed by atoms with van der Waals surface area (Å²) in [6, 6.07) is 5.74. The normalized spacial score (nSPS) is 24.2. The lowest BCUT2D eigenvalue weighted by Gasteiger charge is -2.51. The molecule has 3 N–H and O–H groups in total. The number of aromatic hydroxyl groups is 1. The number of aliphatic hydroxyl groups is 1. The van der Waals surface area contributed by atoms with Crippen molar-refractivity contribution in [3.63, 3.8) is 0 Å². The van der Waals surface area contributed by atoms with Crippen molar-refractivity contribution < 1.29 is 19.4 Å². The van der Waals surface area contributed by atoms with Gasteiger partial charge in [0.05, 0.1) is 12.7 Å². The van der Waals surface area contributed by atoms with Crippen LogP contribution in [0.1, 0.15) is 41.2 Å². The van der Waals surface area contributed by atoms with Crippen molar-refractivity contribution in [2.75, 3.05) is 13.6 Å². The second-order valence-corrected chi connectivity index (χ2v) is 7.99. The third-order valence-corrected chi connectivity index (χ3v) is 6.06. The summed E-state index contributed by atoms with van der Waals surface area (Å²) in [5, 5.41) is 24.1. The first-order valence-electron chi connectivity index (χ1n) is 9.92. The van der Waals surface area contributed by atoms with Gasteiger partial charge < -0.3 is 20.1 Å². The van der Waals surface area contributed by atoms with Crippen molar-refractivity contribution in [3.8, 4) is 5.75 Å². The summed E-state index contributed by atoms with van der Waals surface area (Å²) in [5.41, 5.74) is -0.247. The summed E-state index contributed by atoms with van der Waals surface area (Å²) in [5.74, 6) is -1.63. The van der Waals surface area contributed by atoms with E-state index in [0.29, 0.717) is 12.1 Å². The Morgan fingerprint density at radius 3 is 2.70 bits per heavy atom. The van der Waals surface area contributed by atoms with E-state index < -0.39 is 23.3 Å². The van der Waals surface area contributed by atoms with Crippen LogP contribution >= 0.6 is 0 Å². The Labute approximate surface area is 173 Å². The van der Waals surface area contributed by atoms with Crippen molar-refractivity contribution in [2.24, 2.45) is 0 Å². The van der Waals surface area contributed by atoms with Crippen LogP contribution in [0.4, 0.5) is 4.39 Å². The molecule has 1 amide bonds. The number of benzene rings is 1. The quantitative estimate of drug-likeness (QED) is 0.690. The Balaban J connectivity index is 1.63. The first kappa shape index (κ1) is 20.5. The summed E-state index contributed by atoms with van der Waals surface area (Å²) in [7, 11) is 1.96. The fourth-order valence-electron chi connectivity index (χ4n) is 4.29. The largest absolute Gasteiger partial charge is 0.503 e. The molecule has 1 aromatic heterocycles. The first-order chi connectivity index (χ1) is 14.3. The van der Waals surface area contributed by atoms with Gasteiger partial charge in [0.1, 0.15) is 17.1 Å². The Morgan fingerprint density at radius 1 is 1.30 bits per heavy atom. The number of aliphatic hydroxyl groups excluding tert-OH is 1. The van der Waals surface area contributed by atoms with E-state index in [2.05, 4.69) is 10.2 Å². The number of hydrogen-bond donors (Lipinski definition) is 3. The summed E-state index contributed by atoms with van der Waals surface area (Å²) < 4.78 is 14.6. The van der Waals surface area contributed by atoms with Crippen LogP contribution in [0.25, 0.3) is 0 Å². The molecule has 0 bridgehead atoms. The van der Waals surface area contributed by atoms with Crippen LogP contribution < -0.4 is 10.7 Å². The molecule has 3 heterocycles. The molecular weight excluding hydrogens is 391 g/mol. The van der Waals surface area contributed by atoms with E-state index in [-0.39, 0.29) is 35.8 Å². The van der Waals surface area contributed by atoms with E-state index in [1.54, 1.807) is 4.57 Å². The Bertz CT molecular complexity index is 1020. The van der Waals surface area contributed by atoms with Gasteiger partial charge in [-0.05, 0) is 38.1 Å². The molecule has 8 nitrogen and oxygen atoms in total. The molecule has 1 saturated heterocycles. The molecule has 30 heavy (non-hydrogen) atoms. The molecule has 0 saturated carbocycles. The minimum Gasteiger partial charge on any atom is -0.503 e. The highest BCUT2D eigenvalue weighted by molar-refractivity contribution is 5.94. The fraction of sp³-hybridized carbons (Fsp3) is 0.429. The zero-order valence-corrected chi connectivity index (χ0v) is 16.9. The summed E-state index contributed by atoms with van der Waals surface area (Å²) in [6.07, 6.45) is 0.989. The van der Waals surface area contributed by atoms with Crippen molar-refractivity contribution in [1.82, 2.24) is 19.7 Å². The smallest absolute Gasteiger partial charge is 0.257 e. The average Bonchev–Trinajstić information content (AvgIpc) is 2.72. The molecule has 1 unspecified atom stereocenters. The number of fused-ring (bicyclic) bond motifs is 2. The van der Waals surface area contributed by atoms with Crippen LogP contribution in [0, 0.1) is 5.82 Å². The van der Waals surface area contributed by atoms with Crippen LogP contribution in [0.3, 0.4) is 0 Å². The average molecular weight is 416 g/mol. The van der Waals surface area contributed by atoms with Crippen LogP contribution in [-0.2, 0) is 13.1 Å². The third kappa shape index (κ3) is 3.49. The molecule has 2 aromatic rings. The molecule has 2 aliphatic rings. The van der Waals surface area contributed by atoms with E-state index in [1.807, 2.05) is 18.9 Å². The van der Waals surface area contributed by atoms with Crippen LogP contribution in [0.2, 0.25) is 0 Å². The highest BCUT2D eigenvalue weighted by Crippen LogP contribution is 2.36. The van der Waals surface area contributed by atoms with Gasteiger partial charge in [0.25, 0.3) is 5.91 Å². The van der Waals surface area contributed by atoms with Gasteiger partial charge in [-0.15, -0.1) is 0 Å². The minimum atomic E-state index is -1.15. The number of nitrogens with zero attached hydrogens (tertiary/aromatic N) is 3. The summed E-state index contributed by atoms with van der Waals surface area (Å²) in [4.78, 5) is 29.3. The molecule has 4 rings (SSSR count). The van der Waals surface area contributed by atoms with Crippen LogP contribution in [0.5, 0.6) is 5.75 Å². The third-order valence-electron chi connectivity index (χ3n) is 6.06. The Hall–Kier alpha value is -2.75. The standard InChI is InChI=1S/C21H25FN4O4/c1-12-7-8-24(2)16-11-25-10-15(18(27)19(28)17(25)21(30)26(12)16)20(29)23-9-13-3-5-14(22)6-4-13/h3-6,10,12,16,21,28,30H,7-9,11H2,1-2H3,(H,23,29)/t12-,16-,21?/m0/s1. The number of rotatable bonds is 3. The predicted octanol–water partition coefficient (Wildman–Crippen LogP) is 0.980. The number of nitrogens with one attached hydrogen (secondary N) is 1. The van der Waals surface area contributed by atoms with Gasteiger partial charge in [-0.3, -0.25) is 19.4 Å². The number of carbonyl (C=O) groups excluding carboxylic acids is 1. The lowest BCUT2D eigenvalue weighted by atomic mass is 10.0. The monoisotopic (exact) mass is 416 g/mol. The van der Waals surface area contributed by atoms with Crippen molar-refractivity contribution in [2.45, 2.75) is 44.9 Å². The molecular formula is C21H25FN4O4. The predicted molar refractivity (Wildman–Crippen MR) is 107 cm³/mol. The molecule has 0 spiro atoms. The number of aromatic nitrogens is 1. The molecule has 1 fully saturated rings. The zero-order chi connectivity index (χ0) is 21.6. The number of amides is 1. The number of carbonyl (C=O) groups is 1. The van der Waals surface area contributed by atoms with Gasteiger partial charge in [-0.1, -0.05) is 12.1 Å². The lowest BCUT2D eigenvalue weighted by Crippen LogP contribution is -2.61. The van der Waals surface area contributed by atoms with Gasteiger partial charge in [0.2, 0.25) is 5.43 Å². The summed E-state index contributed by atoms with van der Waals surface area (Å²) >= 11 is 0. The van der Waals surface area contributed by atoms with E-state index in [4.69, 9.17) is 0 Å². The minimum absolute atomic E-state index is 0.0862. The molecule has 160 valence electrons. The molecule has 0 aliphatic carbocycles. The Morgan fingerprint density at radius 2 is 2.00 bits per heavy atom. The van der Waals surface area contributed by atoms with Crippen LogP contribution in [0.15, 0.2) is 35.3 Å². The maximum absolute atomic E-state index is 13.0. The highest BCUT2D eigenvalue weighted by atomic mass is 19.1. The van der Waals surface area contributed by atoms with E-state index in [1.165, 1.54) is 30.5 Å². The Kier molecular flexibility index (Phi) is 5.35. The molecule has 0 radical (unpaired) electrons. The van der Waals surface area contributed by atoms with E-state index in [9.17, 15) is 24.2 Å². The van der Waals surface area contributed by atoms with Gasteiger partial charge >= 0.3 is 0 Å². The van der Waals surface area contributed by atoms with Gasteiger partial charge in [-0.25, -0.2) is 4.39 Å². The molecule has 1 aromatic carbocycles. The lowest BCUT2D eigenvalue weighted by molar-refractivity contribution is -0.144. The van der Waals surface area contributed by atoms with Crippen molar-refractivity contribution in [1.29, 1.82) is 0 Å². The topological polar surface area (TPSA) is 98.0 Å². The summed E-state index contributed by atoms with van der Waals surface area (Å²) in [6.45, 7) is 3.38. The van der Waals surface area contributed by atoms with Gasteiger partial charge in [0.15, 0.2) is 12.0 Å².